The summed E-state index contributed by atoms with van der Waals surface area (Å²) in [5.74, 6) is -3.99. The number of likely N-dealkylation sites (tertiary alicyclic amines) is 1. The van der Waals surface area contributed by atoms with E-state index in [0.717, 1.165) is 0 Å². The molecule has 0 aromatic carbocycles. The van der Waals surface area contributed by atoms with Gasteiger partial charge in [-0.3, -0.25) is 24.6 Å². The second kappa shape index (κ2) is 9.11. The Morgan fingerprint density at radius 3 is 2.45 bits per heavy atom. The molecule has 1 saturated carbocycles. The molecule has 2 saturated heterocycles. The molecule has 4 amide bonds. The van der Waals surface area contributed by atoms with Crippen LogP contribution in [0, 0.1) is 29.1 Å². The van der Waals surface area contributed by atoms with Crippen LogP contribution in [0.1, 0.15) is 40.5 Å². The Bertz CT molecular complexity index is 816. The van der Waals surface area contributed by atoms with Crippen molar-refractivity contribution in [3.63, 3.8) is 0 Å². The first kappa shape index (κ1) is 25.3. The zero-order valence-electron chi connectivity index (χ0n) is 19.2. The number of halogens is 3. The molecule has 33 heavy (non-hydrogen) atoms. The number of fused-ring (bicyclic) bond motifs is 1. The average Bonchev–Trinajstić information content (AvgIpc) is 3.07. The molecule has 2 aliphatic heterocycles. The smallest absolute Gasteiger partial charge is 0.356 e. The molecule has 2 heterocycles. The van der Waals surface area contributed by atoms with E-state index in [1.807, 2.05) is 19.2 Å². The van der Waals surface area contributed by atoms with Crippen LogP contribution in [0.5, 0.6) is 0 Å². The van der Waals surface area contributed by atoms with Gasteiger partial charge in [-0.2, -0.15) is 13.2 Å². The van der Waals surface area contributed by atoms with E-state index in [1.54, 1.807) is 13.8 Å². The van der Waals surface area contributed by atoms with Crippen LogP contribution in [0.25, 0.3) is 0 Å². The molecule has 3 fully saturated rings. The number of amides is 4. The van der Waals surface area contributed by atoms with Gasteiger partial charge in [0.1, 0.15) is 12.1 Å². The second-order valence-corrected chi connectivity index (χ2v) is 10.2. The fourth-order valence-corrected chi connectivity index (χ4v) is 5.12. The highest BCUT2D eigenvalue weighted by Crippen LogP contribution is 2.64. The third-order valence-electron chi connectivity index (χ3n) is 7.05. The number of nitrogens with zero attached hydrogens (tertiary/aromatic N) is 1. The zero-order valence-corrected chi connectivity index (χ0v) is 19.2. The number of rotatable bonds is 8. The Balaban J connectivity index is 1.70. The number of hydrogen-bond donors (Lipinski definition) is 4. The molecule has 186 valence electrons. The van der Waals surface area contributed by atoms with Crippen LogP contribution in [0.15, 0.2) is 0 Å². The van der Waals surface area contributed by atoms with Gasteiger partial charge in [0, 0.05) is 19.6 Å². The van der Waals surface area contributed by atoms with Gasteiger partial charge in [-0.25, -0.2) is 5.43 Å². The van der Waals surface area contributed by atoms with E-state index in [1.165, 1.54) is 4.90 Å². The molecule has 1 aliphatic carbocycles. The van der Waals surface area contributed by atoms with E-state index in [4.69, 9.17) is 0 Å². The average molecular weight is 476 g/mol. The largest absolute Gasteiger partial charge is 0.471 e. The van der Waals surface area contributed by atoms with E-state index in [-0.39, 0.29) is 54.5 Å². The van der Waals surface area contributed by atoms with Crippen LogP contribution in [-0.2, 0) is 19.2 Å². The maximum absolute atomic E-state index is 13.3. The number of nitrogens with one attached hydrogen (secondary N) is 4. The van der Waals surface area contributed by atoms with Crippen LogP contribution in [0.2, 0.25) is 0 Å². The molecule has 0 spiro atoms. The molecule has 0 radical (unpaired) electrons. The monoisotopic (exact) mass is 475 g/mol. The Hall–Kier alpha value is -2.37. The minimum absolute atomic E-state index is 0.0132. The molecule has 0 aromatic heterocycles. The summed E-state index contributed by atoms with van der Waals surface area (Å²) >= 11 is 0. The summed E-state index contributed by atoms with van der Waals surface area (Å²) in [6.07, 6.45) is -4.46. The number of hydrazine groups is 1. The minimum atomic E-state index is -5.11. The van der Waals surface area contributed by atoms with Crippen molar-refractivity contribution in [3.8, 4) is 0 Å². The zero-order chi connectivity index (χ0) is 24.7. The molecular weight excluding hydrogens is 443 g/mol. The number of carbonyl (C=O) groups excluding carboxylic acids is 4. The highest BCUT2D eigenvalue weighted by Gasteiger charge is 2.69. The highest BCUT2D eigenvalue weighted by atomic mass is 19.4. The van der Waals surface area contributed by atoms with Crippen molar-refractivity contribution in [2.45, 2.75) is 58.8 Å². The standard InChI is InChI=1S/C21H32F3N5O4/c1-10(2)7-13(27-19(33)21(22,23)24)18(32)29-9-12-14(20(12,3)4)15(29)17(31)28-26-8-11-5-6-25-16(11)30/h10-15,26H,5-9H2,1-4H3,(H,25,30)(H,27,33)(H,28,31)/t11-,12-,13-,14-,15-/m0/s1. The summed E-state index contributed by atoms with van der Waals surface area (Å²) in [7, 11) is 0. The van der Waals surface area contributed by atoms with Crippen LogP contribution in [0.4, 0.5) is 13.2 Å². The van der Waals surface area contributed by atoms with Gasteiger partial charge in [0.15, 0.2) is 0 Å². The van der Waals surface area contributed by atoms with E-state index in [9.17, 15) is 32.3 Å². The topological polar surface area (TPSA) is 120 Å². The Morgan fingerprint density at radius 1 is 1.24 bits per heavy atom. The molecule has 0 aromatic rings. The molecule has 4 N–H and O–H groups in total. The highest BCUT2D eigenvalue weighted by molar-refractivity contribution is 5.94. The van der Waals surface area contributed by atoms with Crippen molar-refractivity contribution in [3.05, 3.63) is 0 Å². The summed E-state index contributed by atoms with van der Waals surface area (Å²) in [5, 5.41) is 4.52. The van der Waals surface area contributed by atoms with Gasteiger partial charge < -0.3 is 15.5 Å². The number of piperidine rings is 1. The lowest BCUT2D eigenvalue weighted by Gasteiger charge is -2.33. The van der Waals surface area contributed by atoms with Gasteiger partial charge in [0.2, 0.25) is 11.8 Å². The summed E-state index contributed by atoms with van der Waals surface area (Å²) in [4.78, 5) is 50.8. The van der Waals surface area contributed by atoms with Gasteiger partial charge in [-0.1, -0.05) is 27.7 Å². The molecule has 0 unspecified atom stereocenters. The van der Waals surface area contributed by atoms with Gasteiger partial charge in [0.25, 0.3) is 5.91 Å². The van der Waals surface area contributed by atoms with Crippen LogP contribution < -0.4 is 21.5 Å². The third-order valence-corrected chi connectivity index (χ3v) is 7.05. The van der Waals surface area contributed by atoms with E-state index < -0.39 is 36.0 Å². The van der Waals surface area contributed by atoms with Crippen molar-refractivity contribution < 1.29 is 32.3 Å². The maximum Gasteiger partial charge on any atom is 0.471 e. The van der Waals surface area contributed by atoms with Crippen molar-refractivity contribution >= 4 is 23.6 Å². The second-order valence-electron chi connectivity index (χ2n) is 10.2. The van der Waals surface area contributed by atoms with E-state index >= 15 is 0 Å². The fraction of sp³-hybridized carbons (Fsp3) is 0.810. The lowest BCUT2D eigenvalue weighted by Crippen LogP contribution is -2.58. The quantitative estimate of drug-likeness (QED) is 0.377. The lowest BCUT2D eigenvalue weighted by atomic mass is 9.97. The molecule has 5 atom stereocenters. The molecule has 9 nitrogen and oxygen atoms in total. The van der Waals surface area contributed by atoms with Gasteiger partial charge in [-0.05, 0) is 36.0 Å². The van der Waals surface area contributed by atoms with Gasteiger partial charge >= 0.3 is 12.1 Å². The molecule has 0 bridgehead atoms. The summed E-state index contributed by atoms with van der Waals surface area (Å²) in [6.45, 7) is 8.47. The van der Waals surface area contributed by atoms with Gasteiger partial charge in [-0.15, -0.1) is 0 Å². The fourth-order valence-electron chi connectivity index (χ4n) is 5.12. The predicted octanol–water partition coefficient (Wildman–Crippen LogP) is 0.320. The molecule has 3 rings (SSSR count). The molecule has 12 heteroatoms. The maximum atomic E-state index is 13.3. The number of hydrogen-bond acceptors (Lipinski definition) is 5. The first-order valence-electron chi connectivity index (χ1n) is 11.2. The van der Waals surface area contributed by atoms with Crippen molar-refractivity contribution in [1.29, 1.82) is 0 Å². The van der Waals surface area contributed by atoms with Crippen molar-refractivity contribution in [1.82, 2.24) is 26.4 Å². The van der Waals surface area contributed by atoms with E-state index in [2.05, 4.69) is 16.2 Å². The van der Waals surface area contributed by atoms with Crippen LogP contribution in [0.3, 0.4) is 0 Å². The van der Waals surface area contributed by atoms with Crippen LogP contribution in [-0.4, -0.2) is 66.4 Å². The first-order chi connectivity index (χ1) is 15.2. The summed E-state index contributed by atoms with van der Waals surface area (Å²) in [5.41, 5.74) is 5.14. The Kier molecular flexibility index (Phi) is 6.97. The van der Waals surface area contributed by atoms with Crippen molar-refractivity contribution in [2.75, 3.05) is 19.6 Å². The third kappa shape index (κ3) is 5.25. The predicted molar refractivity (Wildman–Crippen MR) is 111 cm³/mol. The first-order valence-corrected chi connectivity index (χ1v) is 11.2. The summed E-state index contributed by atoms with van der Waals surface area (Å²) < 4.78 is 38.5. The van der Waals surface area contributed by atoms with E-state index in [0.29, 0.717) is 13.0 Å². The molecular formula is C21H32F3N5O4. The Morgan fingerprint density at radius 2 is 1.91 bits per heavy atom. The van der Waals surface area contributed by atoms with Gasteiger partial charge in [0.05, 0.1) is 5.92 Å². The lowest BCUT2D eigenvalue weighted by molar-refractivity contribution is -0.175. The van der Waals surface area contributed by atoms with Crippen LogP contribution >= 0.6 is 0 Å². The van der Waals surface area contributed by atoms with Crippen molar-refractivity contribution in [2.24, 2.45) is 29.1 Å². The number of alkyl halides is 3. The number of carbonyl (C=O) groups is 4. The SMILES string of the molecule is CC(C)C[C@H](NC(=O)C(F)(F)F)C(=O)N1C[C@H]2[C@@H]([C@H]1C(=O)NNC[C@@H]1CCNC1=O)C2(C)C. The molecule has 3 aliphatic rings. The Labute approximate surface area is 190 Å². The summed E-state index contributed by atoms with van der Waals surface area (Å²) in [6, 6.07) is -2.26. The normalized spacial score (nSPS) is 28.8. The minimum Gasteiger partial charge on any atom is -0.356 e.